The van der Waals surface area contributed by atoms with Crippen LogP contribution in [0.5, 0.6) is 0 Å². The molecule has 0 atom stereocenters. The van der Waals surface area contributed by atoms with Crippen LogP contribution in [-0.4, -0.2) is 40.3 Å². The zero-order chi connectivity index (χ0) is 14.4. The number of amides is 2. The van der Waals surface area contributed by atoms with Crippen molar-refractivity contribution in [3.8, 4) is 0 Å². The van der Waals surface area contributed by atoms with Crippen molar-refractivity contribution in [3.05, 3.63) is 17.5 Å². The highest BCUT2D eigenvalue weighted by atomic mass is 16.5. The van der Waals surface area contributed by atoms with Crippen LogP contribution in [0.15, 0.2) is 10.6 Å². The number of hydrogen-bond acceptors (Lipinski definition) is 4. The monoisotopic (exact) mass is 269 g/mol. The minimum atomic E-state index is -1.03. The Labute approximate surface area is 111 Å². The molecule has 0 aliphatic heterocycles. The number of aliphatic carboxylic acids is 1. The number of carbonyl (C=O) groups excluding carboxylic acids is 1. The van der Waals surface area contributed by atoms with E-state index in [4.69, 9.17) is 9.63 Å². The molecule has 0 fully saturated rings. The van der Waals surface area contributed by atoms with E-state index >= 15 is 0 Å². The zero-order valence-corrected chi connectivity index (χ0v) is 11.3. The summed E-state index contributed by atoms with van der Waals surface area (Å²) in [7, 11) is 0. The van der Waals surface area contributed by atoms with Crippen molar-refractivity contribution in [2.45, 2.75) is 27.3 Å². The number of nitrogens with zero attached hydrogens (tertiary/aromatic N) is 2. The van der Waals surface area contributed by atoms with Crippen LogP contribution < -0.4 is 5.32 Å². The SMILES string of the molecule is Cc1cc(CNC(=O)N(CC(=O)O)CC(C)C)no1. The van der Waals surface area contributed by atoms with E-state index in [1.807, 2.05) is 13.8 Å². The van der Waals surface area contributed by atoms with Gasteiger partial charge in [0, 0.05) is 12.6 Å². The van der Waals surface area contributed by atoms with Crippen LogP contribution in [0.25, 0.3) is 0 Å². The molecule has 2 N–H and O–H groups in total. The molecule has 0 saturated carbocycles. The van der Waals surface area contributed by atoms with Gasteiger partial charge in [0.15, 0.2) is 0 Å². The molecule has 7 nitrogen and oxygen atoms in total. The molecule has 1 aromatic heterocycles. The normalized spacial score (nSPS) is 10.5. The molecule has 0 spiro atoms. The van der Waals surface area contributed by atoms with E-state index in [2.05, 4.69) is 10.5 Å². The number of nitrogens with one attached hydrogen (secondary N) is 1. The molecule has 0 aromatic carbocycles. The summed E-state index contributed by atoms with van der Waals surface area (Å²) in [5.74, 6) is -0.179. The van der Waals surface area contributed by atoms with Gasteiger partial charge in [-0.1, -0.05) is 19.0 Å². The highest BCUT2D eigenvalue weighted by molar-refractivity contribution is 5.80. The Hall–Kier alpha value is -2.05. The maximum Gasteiger partial charge on any atom is 0.323 e. The second-order valence-electron chi connectivity index (χ2n) is 4.76. The lowest BCUT2D eigenvalue weighted by Gasteiger charge is -2.22. The first-order valence-corrected chi connectivity index (χ1v) is 6.05. The summed E-state index contributed by atoms with van der Waals surface area (Å²) < 4.78 is 4.88. The number of urea groups is 1. The van der Waals surface area contributed by atoms with Gasteiger partial charge in [0.25, 0.3) is 0 Å². The second-order valence-corrected chi connectivity index (χ2v) is 4.76. The summed E-state index contributed by atoms with van der Waals surface area (Å²) in [5, 5.41) is 15.2. The van der Waals surface area contributed by atoms with Crippen LogP contribution >= 0.6 is 0 Å². The van der Waals surface area contributed by atoms with Gasteiger partial charge in [-0.15, -0.1) is 0 Å². The molecular weight excluding hydrogens is 250 g/mol. The number of aryl methyl sites for hydroxylation is 1. The predicted octanol–water partition coefficient (Wildman–Crippen LogP) is 1.24. The fourth-order valence-corrected chi connectivity index (χ4v) is 1.60. The lowest BCUT2D eigenvalue weighted by Crippen LogP contribution is -2.44. The smallest absolute Gasteiger partial charge is 0.323 e. The van der Waals surface area contributed by atoms with Gasteiger partial charge >= 0.3 is 12.0 Å². The Bertz CT molecular complexity index is 442. The van der Waals surface area contributed by atoms with Gasteiger partial charge in [0.1, 0.15) is 18.0 Å². The van der Waals surface area contributed by atoms with Gasteiger partial charge < -0.3 is 19.8 Å². The maximum atomic E-state index is 11.9. The molecule has 7 heteroatoms. The van der Waals surface area contributed by atoms with Crippen molar-refractivity contribution in [2.24, 2.45) is 5.92 Å². The third kappa shape index (κ3) is 5.41. The lowest BCUT2D eigenvalue weighted by molar-refractivity contribution is -0.137. The molecule has 0 saturated heterocycles. The zero-order valence-electron chi connectivity index (χ0n) is 11.3. The van der Waals surface area contributed by atoms with E-state index < -0.39 is 12.0 Å². The van der Waals surface area contributed by atoms with Gasteiger partial charge in [-0.05, 0) is 12.8 Å². The van der Waals surface area contributed by atoms with Crippen molar-refractivity contribution in [1.82, 2.24) is 15.4 Å². The molecular formula is C12H19N3O4. The maximum absolute atomic E-state index is 11.9. The lowest BCUT2D eigenvalue weighted by atomic mass is 10.2. The number of carbonyl (C=O) groups is 2. The van der Waals surface area contributed by atoms with E-state index in [1.54, 1.807) is 13.0 Å². The molecule has 19 heavy (non-hydrogen) atoms. The van der Waals surface area contributed by atoms with E-state index in [0.29, 0.717) is 18.0 Å². The van der Waals surface area contributed by atoms with Gasteiger partial charge in [0.05, 0.1) is 6.54 Å². The van der Waals surface area contributed by atoms with Gasteiger partial charge in [-0.25, -0.2) is 4.79 Å². The number of carboxylic acids is 1. The number of hydrogen-bond donors (Lipinski definition) is 2. The predicted molar refractivity (Wildman–Crippen MR) is 67.5 cm³/mol. The molecule has 2 amide bonds. The van der Waals surface area contributed by atoms with Crippen LogP contribution in [0, 0.1) is 12.8 Å². The van der Waals surface area contributed by atoms with E-state index in [-0.39, 0.29) is 19.0 Å². The van der Waals surface area contributed by atoms with Crippen molar-refractivity contribution < 1.29 is 19.2 Å². The third-order valence-electron chi connectivity index (χ3n) is 2.30. The highest BCUT2D eigenvalue weighted by Crippen LogP contribution is 2.03. The quantitative estimate of drug-likeness (QED) is 0.810. The molecule has 106 valence electrons. The molecule has 0 aliphatic rings. The Balaban J connectivity index is 2.53. The van der Waals surface area contributed by atoms with Crippen molar-refractivity contribution in [3.63, 3.8) is 0 Å². The van der Waals surface area contributed by atoms with Crippen LogP contribution in [-0.2, 0) is 11.3 Å². The summed E-state index contributed by atoms with van der Waals surface area (Å²) in [6, 6.07) is 1.29. The Morgan fingerprint density at radius 3 is 2.68 bits per heavy atom. The molecule has 0 unspecified atom stereocenters. The largest absolute Gasteiger partial charge is 0.480 e. The van der Waals surface area contributed by atoms with Gasteiger partial charge in [-0.2, -0.15) is 0 Å². The van der Waals surface area contributed by atoms with E-state index in [9.17, 15) is 9.59 Å². The van der Waals surface area contributed by atoms with Gasteiger partial charge in [0.2, 0.25) is 0 Å². The minimum Gasteiger partial charge on any atom is -0.480 e. The standard InChI is InChI=1S/C12H19N3O4/c1-8(2)6-15(7-11(16)17)12(18)13-5-10-4-9(3)19-14-10/h4,8H,5-7H2,1-3H3,(H,13,18)(H,16,17). The molecule has 1 heterocycles. The Morgan fingerprint density at radius 1 is 1.53 bits per heavy atom. The molecule has 0 aliphatic carbocycles. The van der Waals surface area contributed by atoms with Crippen molar-refractivity contribution in [2.75, 3.05) is 13.1 Å². The Kier molecular flexibility index (Phi) is 5.35. The summed E-state index contributed by atoms with van der Waals surface area (Å²) in [6.45, 7) is 5.88. The fourth-order valence-electron chi connectivity index (χ4n) is 1.60. The summed E-state index contributed by atoms with van der Waals surface area (Å²) in [4.78, 5) is 23.9. The Morgan fingerprint density at radius 2 is 2.21 bits per heavy atom. The molecule has 1 aromatic rings. The topological polar surface area (TPSA) is 95.7 Å². The molecule has 0 radical (unpaired) electrons. The van der Waals surface area contributed by atoms with Crippen LogP contribution in [0.1, 0.15) is 25.3 Å². The van der Waals surface area contributed by atoms with Crippen molar-refractivity contribution in [1.29, 1.82) is 0 Å². The van der Waals surface area contributed by atoms with Crippen LogP contribution in [0.3, 0.4) is 0 Å². The molecule has 1 rings (SSSR count). The minimum absolute atomic E-state index is 0.194. The third-order valence-corrected chi connectivity index (χ3v) is 2.30. The first kappa shape index (κ1) is 15.0. The van der Waals surface area contributed by atoms with Crippen LogP contribution in [0.2, 0.25) is 0 Å². The van der Waals surface area contributed by atoms with Crippen LogP contribution in [0.4, 0.5) is 4.79 Å². The first-order chi connectivity index (χ1) is 8.88. The first-order valence-electron chi connectivity index (χ1n) is 6.05. The molecule has 0 bridgehead atoms. The van der Waals surface area contributed by atoms with E-state index in [0.717, 1.165) is 0 Å². The van der Waals surface area contributed by atoms with E-state index in [1.165, 1.54) is 4.90 Å². The summed E-state index contributed by atoms with van der Waals surface area (Å²) in [6.07, 6.45) is 0. The number of carboxylic acid groups (broad SMARTS) is 1. The average molecular weight is 269 g/mol. The fraction of sp³-hybridized carbons (Fsp3) is 0.583. The van der Waals surface area contributed by atoms with Gasteiger partial charge in [-0.3, -0.25) is 4.79 Å². The van der Waals surface area contributed by atoms with Crippen molar-refractivity contribution >= 4 is 12.0 Å². The highest BCUT2D eigenvalue weighted by Gasteiger charge is 2.17. The summed E-state index contributed by atoms with van der Waals surface area (Å²) in [5.41, 5.74) is 0.602. The summed E-state index contributed by atoms with van der Waals surface area (Å²) >= 11 is 0. The average Bonchev–Trinajstić information content (AvgIpc) is 2.70. The number of aromatic nitrogens is 1. The second kappa shape index (κ2) is 6.77. The number of rotatable bonds is 6.